The van der Waals surface area contributed by atoms with E-state index in [1.807, 2.05) is 13.0 Å². The Morgan fingerprint density at radius 2 is 2.14 bits per heavy atom. The smallest absolute Gasteiger partial charge is 0.0991 e. The summed E-state index contributed by atoms with van der Waals surface area (Å²) in [5.74, 6) is 7.37. The summed E-state index contributed by atoms with van der Waals surface area (Å²) in [6.07, 6.45) is 7.22. The molecule has 0 aliphatic heterocycles. The van der Waals surface area contributed by atoms with Crippen LogP contribution in [0.4, 0.5) is 0 Å². The first-order chi connectivity index (χ1) is 10.6. The number of hydrogen-bond donors (Lipinski definition) is 0. The van der Waals surface area contributed by atoms with Crippen molar-refractivity contribution in [3.05, 3.63) is 34.9 Å². The molecule has 114 valence electrons. The van der Waals surface area contributed by atoms with Gasteiger partial charge >= 0.3 is 0 Å². The lowest BCUT2D eigenvalue weighted by Gasteiger charge is -2.52. The maximum absolute atomic E-state index is 9.16. The zero-order valence-corrected chi connectivity index (χ0v) is 14.0. The number of rotatable bonds is 1. The predicted octanol–water partition coefficient (Wildman–Crippen LogP) is 4.98. The molecule has 1 nitrogen and oxygen atoms in total. The van der Waals surface area contributed by atoms with Crippen LogP contribution in [0.3, 0.4) is 0 Å². The van der Waals surface area contributed by atoms with Crippen molar-refractivity contribution >= 4 is 0 Å². The molecule has 1 heteroatoms. The zero-order chi connectivity index (χ0) is 15.8. The molecule has 1 aromatic carbocycles. The van der Waals surface area contributed by atoms with E-state index in [0.29, 0.717) is 5.41 Å². The van der Waals surface area contributed by atoms with E-state index in [2.05, 4.69) is 43.9 Å². The molecule has 2 aliphatic carbocycles. The van der Waals surface area contributed by atoms with Gasteiger partial charge in [0, 0.05) is 5.41 Å². The van der Waals surface area contributed by atoms with Crippen molar-refractivity contribution < 1.29 is 0 Å². The highest BCUT2D eigenvalue weighted by Gasteiger charge is 2.49. The summed E-state index contributed by atoms with van der Waals surface area (Å²) < 4.78 is 0. The van der Waals surface area contributed by atoms with Gasteiger partial charge in [-0.3, -0.25) is 0 Å². The van der Waals surface area contributed by atoms with Gasteiger partial charge in [-0.25, -0.2) is 0 Å². The second-order valence-corrected chi connectivity index (χ2v) is 7.37. The van der Waals surface area contributed by atoms with Crippen LogP contribution >= 0.6 is 0 Å². The number of nitriles is 1. The molecule has 0 spiro atoms. The molecule has 22 heavy (non-hydrogen) atoms. The average Bonchev–Trinajstić information content (AvgIpc) is 2.54. The Morgan fingerprint density at radius 1 is 1.32 bits per heavy atom. The van der Waals surface area contributed by atoms with Crippen molar-refractivity contribution in [2.24, 2.45) is 11.3 Å². The average molecular weight is 291 g/mol. The van der Waals surface area contributed by atoms with E-state index >= 15 is 0 Å². The molecule has 3 atom stereocenters. The normalized spacial score (nSPS) is 32.9. The Kier molecular flexibility index (Phi) is 3.78. The van der Waals surface area contributed by atoms with Crippen molar-refractivity contribution in [1.29, 1.82) is 5.26 Å². The largest absolute Gasteiger partial charge is 0.192 e. The monoisotopic (exact) mass is 291 g/mol. The SMILES string of the molecule is CC#CC1(C)CCC2(CC)c3ccc(C#N)cc3CCC2C1. The molecule has 0 saturated heterocycles. The van der Waals surface area contributed by atoms with E-state index in [0.717, 1.165) is 17.9 Å². The minimum Gasteiger partial charge on any atom is -0.192 e. The van der Waals surface area contributed by atoms with Crippen LogP contribution in [-0.4, -0.2) is 0 Å². The summed E-state index contributed by atoms with van der Waals surface area (Å²) in [6, 6.07) is 8.68. The molecule has 3 unspecified atom stereocenters. The molecule has 1 fully saturated rings. The van der Waals surface area contributed by atoms with Crippen LogP contribution in [0.1, 0.15) is 69.6 Å². The first-order valence-electron chi connectivity index (χ1n) is 8.54. The third-order valence-corrected chi connectivity index (χ3v) is 6.19. The van der Waals surface area contributed by atoms with Gasteiger partial charge in [-0.05, 0) is 87.0 Å². The molecule has 0 radical (unpaired) electrons. The second kappa shape index (κ2) is 5.48. The third-order valence-electron chi connectivity index (χ3n) is 6.19. The Balaban J connectivity index is 2.03. The molecule has 0 bridgehead atoms. The van der Waals surface area contributed by atoms with Gasteiger partial charge in [0.25, 0.3) is 0 Å². The van der Waals surface area contributed by atoms with Gasteiger partial charge in [0.2, 0.25) is 0 Å². The molecule has 1 saturated carbocycles. The van der Waals surface area contributed by atoms with Crippen LogP contribution in [-0.2, 0) is 11.8 Å². The number of aryl methyl sites for hydroxylation is 1. The van der Waals surface area contributed by atoms with Crippen molar-refractivity contribution in [2.45, 2.75) is 64.7 Å². The van der Waals surface area contributed by atoms with Crippen LogP contribution in [0.15, 0.2) is 18.2 Å². The van der Waals surface area contributed by atoms with Gasteiger partial charge in [0.15, 0.2) is 0 Å². The van der Waals surface area contributed by atoms with Gasteiger partial charge in [0.05, 0.1) is 11.6 Å². The summed E-state index contributed by atoms with van der Waals surface area (Å²) in [5, 5.41) is 9.16. The molecule has 3 rings (SSSR count). The molecular formula is C21H25N. The highest BCUT2D eigenvalue weighted by molar-refractivity contribution is 5.45. The lowest BCUT2D eigenvalue weighted by Crippen LogP contribution is -2.46. The summed E-state index contributed by atoms with van der Waals surface area (Å²) in [7, 11) is 0. The van der Waals surface area contributed by atoms with E-state index in [1.165, 1.54) is 43.2 Å². The number of hydrogen-bond acceptors (Lipinski definition) is 1. The molecule has 2 aliphatic rings. The summed E-state index contributed by atoms with van der Waals surface area (Å²) in [4.78, 5) is 0. The number of fused-ring (bicyclic) bond motifs is 3. The van der Waals surface area contributed by atoms with Crippen LogP contribution in [0.5, 0.6) is 0 Å². The third kappa shape index (κ3) is 2.24. The fourth-order valence-corrected chi connectivity index (χ4v) is 5.03. The van der Waals surface area contributed by atoms with Crippen LogP contribution in [0.25, 0.3) is 0 Å². The predicted molar refractivity (Wildman–Crippen MR) is 90.3 cm³/mol. The zero-order valence-electron chi connectivity index (χ0n) is 14.0. The molecular weight excluding hydrogens is 266 g/mol. The minimum atomic E-state index is 0.197. The van der Waals surface area contributed by atoms with Gasteiger partial charge in [-0.1, -0.05) is 18.9 Å². The van der Waals surface area contributed by atoms with Gasteiger partial charge in [-0.15, -0.1) is 5.92 Å². The van der Waals surface area contributed by atoms with Crippen LogP contribution in [0, 0.1) is 34.5 Å². The molecule has 0 N–H and O–H groups in total. The van der Waals surface area contributed by atoms with Crippen molar-refractivity contribution in [3.63, 3.8) is 0 Å². The molecule has 0 heterocycles. The Labute approximate surface area is 134 Å². The Morgan fingerprint density at radius 3 is 2.82 bits per heavy atom. The molecule has 0 aromatic heterocycles. The number of benzene rings is 1. The lowest BCUT2D eigenvalue weighted by molar-refractivity contribution is 0.0898. The van der Waals surface area contributed by atoms with Crippen molar-refractivity contribution in [1.82, 2.24) is 0 Å². The Bertz CT molecular complexity index is 684. The lowest BCUT2D eigenvalue weighted by atomic mass is 9.51. The Hall–Kier alpha value is -1.73. The van der Waals surface area contributed by atoms with Gasteiger partial charge in [-0.2, -0.15) is 5.26 Å². The standard InChI is InChI=1S/C21H25N/c1-4-10-20(3)11-12-21(5-2)18(14-20)8-7-17-13-16(15-22)6-9-19(17)21/h6,9,13,18H,5,7-8,11-12,14H2,1-3H3. The highest BCUT2D eigenvalue weighted by Crippen LogP contribution is 2.56. The van der Waals surface area contributed by atoms with E-state index in [4.69, 9.17) is 5.26 Å². The fourth-order valence-electron chi connectivity index (χ4n) is 5.03. The van der Waals surface area contributed by atoms with Crippen LogP contribution < -0.4 is 0 Å². The van der Waals surface area contributed by atoms with E-state index < -0.39 is 0 Å². The maximum atomic E-state index is 9.16. The highest BCUT2D eigenvalue weighted by atomic mass is 14.5. The summed E-state index contributed by atoms with van der Waals surface area (Å²) in [5.41, 5.74) is 4.26. The first-order valence-corrected chi connectivity index (χ1v) is 8.54. The quantitative estimate of drug-likeness (QED) is 0.669. The fraction of sp³-hybridized carbons (Fsp3) is 0.571. The van der Waals surface area contributed by atoms with Crippen molar-refractivity contribution in [3.8, 4) is 17.9 Å². The van der Waals surface area contributed by atoms with Crippen LogP contribution in [0.2, 0.25) is 0 Å². The van der Waals surface area contributed by atoms with Crippen molar-refractivity contribution in [2.75, 3.05) is 0 Å². The minimum absolute atomic E-state index is 0.197. The topological polar surface area (TPSA) is 23.8 Å². The van der Waals surface area contributed by atoms with E-state index in [1.54, 1.807) is 0 Å². The maximum Gasteiger partial charge on any atom is 0.0991 e. The number of nitrogens with zero attached hydrogens (tertiary/aromatic N) is 1. The van der Waals surface area contributed by atoms with Gasteiger partial charge < -0.3 is 0 Å². The summed E-state index contributed by atoms with van der Waals surface area (Å²) in [6.45, 7) is 6.65. The second-order valence-electron chi connectivity index (χ2n) is 7.37. The van der Waals surface area contributed by atoms with Gasteiger partial charge in [0.1, 0.15) is 0 Å². The molecule has 1 aromatic rings. The molecule has 0 amide bonds. The van der Waals surface area contributed by atoms with E-state index in [9.17, 15) is 0 Å². The summed E-state index contributed by atoms with van der Waals surface area (Å²) >= 11 is 0. The van der Waals surface area contributed by atoms with E-state index in [-0.39, 0.29) is 5.41 Å². The first kappa shape index (κ1) is 15.2.